The van der Waals surface area contributed by atoms with Gasteiger partial charge in [0.1, 0.15) is 5.41 Å². The van der Waals surface area contributed by atoms with Gasteiger partial charge >= 0.3 is 0 Å². The highest BCUT2D eigenvalue weighted by Crippen LogP contribution is 2.34. The SMILES string of the molecule is N#CC1(C(=O)NCc2ccc(F)c(F)c2)CCCCCC1. The number of carbonyl (C=O) groups excluding carboxylic acids is 1. The van der Waals surface area contributed by atoms with Gasteiger partial charge in [-0.25, -0.2) is 8.78 Å². The molecule has 0 radical (unpaired) electrons. The second-order valence-corrected chi connectivity index (χ2v) is 5.54. The highest BCUT2D eigenvalue weighted by atomic mass is 19.2. The summed E-state index contributed by atoms with van der Waals surface area (Å²) in [7, 11) is 0. The summed E-state index contributed by atoms with van der Waals surface area (Å²) in [6, 6.07) is 5.68. The van der Waals surface area contributed by atoms with Crippen LogP contribution < -0.4 is 5.32 Å². The molecule has 1 N–H and O–H groups in total. The first kappa shape index (κ1) is 15.4. The maximum atomic E-state index is 13.1. The van der Waals surface area contributed by atoms with Crippen LogP contribution in [0.4, 0.5) is 8.78 Å². The zero-order chi connectivity index (χ0) is 15.3. The number of nitriles is 1. The van der Waals surface area contributed by atoms with E-state index in [0.717, 1.165) is 37.8 Å². The van der Waals surface area contributed by atoms with Crippen molar-refractivity contribution in [2.45, 2.75) is 45.1 Å². The first-order chi connectivity index (χ1) is 10.1. The van der Waals surface area contributed by atoms with Crippen LogP contribution in [0.3, 0.4) is 0 Å². The van der Waals surface area contributed by atoms with Crippen molar-refractivity contribution in [3.63, 3.8) is 0 Å². The van der Waals surface area contributed by atoms with Crippen molar-refractivity contribution >= 4 is 5.91 Å². The Hall–Kier alpha value is -1.96. The lowest BCUT2D eigenvalue weighted by atomic mass is 9.81. The van der Waals surface area contributed by atoms with Gasteiger partial charge in [-0.2, -0.15) is 5.26 Å². The molecule has 0 unspecified atom stereocenters. The monoisotopic (exact) mass is 292 g/mol. The van der Waals surface area contributed by atoms with Gasteiger partial charge in [0.25, 0.3) is 0 Å². The molecule has 0 spiro atoms. The van der Waals surface area contributed by atoms with Crippen molar-refractivity contribution in [2.75, 3.05) is 0 Å². The predicted octanol–water partition coefficient (Wildman–Crippen LogP) is 3.45. The topological polar surface area (TPSA) is 52.9 Å². The van der Waals surface area contributed by atoms with Crippen molar-refractivity contribution < 1.29 is 13.6 Å². The molecule has 1 aromatic carbocycles. The van der Waals surface area contributed by atoms with Gasteiger partial charge in [-0.05, 0) is 30.5 Å². The van der Waals surface area contributed by atoms with Crippen LogP contribution in [-0.2, 0) is 11.3 Å². The van der Waals surface area contributed by atoms with Crippen LogP contribution in [0.15, 0.2) is 18.2 Å². The Morgan fingerprint density at radius 3 is 2.43 bits per heavy atom. The van der Waals surface area contributed by atoms with Crippen molar-refractivity contribution in [3.05, 3.63) is 35.4 Å². The third-order valence-electron chi connectivity index (χ3n) is 4.04. The second-order valence-electron chi connectivity index (χ2n) is 5.54. The van der Waals surface area contributed by atoms with Gasteiger partial charge in [-0.3, -0.25) is 4.79 Å². The summed E-state index contributed by atoms with van der Waals surface area (Å²) in [5.41, 5.74) is -0.501. The maximum Gasteiger partial charge on any atom is 0.240 e. The van der Waals surface area contributed by atoms with Crippen molar-refractivity contribution in [2.24, 2.45) is 5.41 Å². The van der Waals surface area contributed by atoms with Crippen LogP contribution in [-0.4, -0.2) is 5.91 Å². The quantitative estimate of drug-likeness (QED) is 0.868. The molecular formula is C16H18F2N2O. The molecular weight excluding hydrogens is 274 g/mol. The summed E-state index contributed by atoms with van der Waals surface area (Å²) in [5.74, 6) is -2.16. The Morgan fingerprint density at radius 1 is 1.19 bits per heavy atom. The number of nitrogens with one attached hydrogen (secondary N) is 1. The Balaban J connectivity index is 2.02. The van der Waals surface area contributed by atoms with E-state index in [4.69, 9.17) is 0 Å². The third kappa shape index (κ3) is 3.57. The highest BCUT2D eigenvalue weighted by Gasteiger charge is 2.38. The molecule has 21 heavy (non-hydrogen) atoms. The molecule has 1 amide bonds. The van der Waals surface area contributed by atoms with E-state index in [1.165, 1.54) is 6.07 Å². The van der Waals surface area contributed by atoms with E-state index in [-0.39, 0.29) is 12.5 Å². The number of carbonyl (C=O) groups is 1. The number of hydrogen-bond acceptors (Lipinski definition) is 2. The highest BCUT2D eigenvalue weighted by molar-refractivity contribution is 5.85. The minimum atomic E-state index is -0.977. The van der Waals surface area contributed by atoms with E-state index in [9.17, 15) is 18.8 Å². The summed E-state index contributed by atoms with van der Waals surface area (Å²) in [5, 5.41) is 12.1. The molecule has 5 heteroatoms. The number of benzene rings is 1. The van der Waals surface area contributed by atoms with Gasteiger partial charge in [-0.15, -0.1) is 0 Å². The number of nitrogens with zero attached hydrogens (tertiary/aromatic N) is 1. The fourth-order valence-corrected chi connectivity index (χ4v) is 2.72. The summed E-state index contributed by atoms with van der Waals surface area (Å²) >= 11 is 0. The van der Waals surface area contributed by atoms with E-state index < -0.39 is 17.0 Å². The fraction of sp³-hybridized carbons (Fsp3) is 0.500. The summed E-state index contributed by atoms with van der Waals surface area (Å²) < 4.78 is 26.0. The molecule has 0 bridgehead atoms. The molecule has 1 aliphatic carbocycles. The van der Waals surface area contributed by atoms with Crippen LogP contribution in [0.5, 0.6) is 0 Å². The third-order valence-corrected chi connectivity index (χ3v) is 4.04. The molecule has 1 fully saturated rings. The summed E-state index contributed by atoms with van der Waals surface area (Å²) in [4.78, 5) is 12.3. The van der Waals surface area contributed by atoms with Gasteiger partial charge in [0.05, 0.1) is 6.07 Å². The van der Waals surface area contributed by atoms with Crippen LogP contribution >= 0.6 is 0 Å². The Kier molecular flexibility index (Phi) is 4.89. The number of rotatable bonds is 3. The van der Waals surface area contributed by atoms with E-state index in [2.05, 4.69) is 11.4 Å². The molecule has 3 nitrogen and oxygen atoms in total. The average Bonchev–Trinajstić information content (AvgIpc) is 2.74. The van der Waals surface area contributed by atoms with Crippen LogP contribution in [0.1, 0.15) is 44.1 Å². The molecule has 2 rings (SSSR count). The molecule has 0 atom stereocenters. The van der Waals surface area contributed by atoms with Gasteiger partial charge in [0, 0.05) is 6.54 Å². The van der Waals surface area contributed by atoms with Gasteiger partial charge < -0.3 is 5.32 Å². The van der Waals surface area contributed by atoms with E-state index in [0.29, 0.717) is 18.4 Å². The zero-order valence-corrected chi connectivity index (χ0v) is 11.8. The molecule has 0 aliphatic heterocycles. The first-order valence-electron chi connectivity index (χ1n) is 7.21. The van der Waals surface area contributed by atoms with Gasteiger partial charge in [0.15, 0.2) is 11.6 Å². The lowest BCUT2D eigenvalue weighted by molar-refractivity contribution is -0.129. The van der Waals surface area contributed by atoms with Crippen LogP contribution in [0.25, 0.3) is 0 Å². The fourth-order valence-electron chi connectivity index (χ4n) is 2.72. The zero-order valence-electron chi connectivity index (χ0n) is 11.8. The van der Waals surface area contributed by atoms with E-state index in [1.807, 2.05) is 0 Å². The number of halogens is 2. The first-order valence-corrected chi connectivity index (χ1v) is 7.21. The molecule has 0 heterocycles. The number of hydrogen-bond donors (Lipinski definition) is 1. The van der Waals surface area contributed by atoms with Crippen molar-refractivity contribution in [3.8, 4) is 6.07 Å². The maximum absolute atomic E-state index is 13.1. The predicted molar refractivity (Wildman–Crippen MR) is 74.0 cm³/mol. The Morgan fingerprint density at radius 2 is 1.86 bits per heavy atom. The lowest BCUT2D eigenvalue weighted by Crippen LogP contribution is -2.39. The molecule has 1 aromatic rings. The number of amides is 1. The molecule has 0 saturated heterocycles. The second kappa shape index (κ2) is 6.66. The van der Waals surface area contributed by atoms with Crippen LogP contribution in [0.2, 0.25) is 0 Å². The van der Waals surface area contributed by atoms with E-state index in [1.54, 1.807) is 0 Å². The van der Waals surface area contributed by atoms with Crippen molar-refractivity contribution in [1.29, 1.82) is 5.26 Å². The Labute approximate surface area is 123 Å². The smallest absolute Gasteiger partial charge is 0.240 e. The van der Waals surface area contributed by atoms with E-state index >= 15 is 0 Å². The van der Waals surface area contributed by atoms with Crippen molar-refractivity contribution in [1.82, 2.24) is 5.32 Å². The molecule has 1 saturated carbocycles. The minimum absolute atomic E-state index is 0.0967. The van der Waals surface area contributed by atoms with Crippen LogP contribution in [0, 0.1) is 28.4 Å². The molecule has 112 valence electrons. The minimum Gasteiger partial charge on any atom is -0.351 e. The average molecular weight is 292 g/mol. The molecule has 1 aliphatic rings. The summed E-state index contributed by atoms with van der Waals surface area (Å²) in [6.07, 6.45) is 4.94. The standard InChI is InChI=1S/C16H18F2N2O/c17-13-6-5-12(9-14(13)18)10-20-15(21)16(11-19)7-3-1-2-4-8-16/h5-6,9H,1-4,7-8,10H2,(H,20,21). The largest absolute Gasteiger partial charge is 0.351 e. The lowest BCUT2D eigenvalue weighted by Gasteiger charge is -2.23. The summed E-state index contributed by atoms with van der Waals surface area (Å²) in [6.45, 7) is 0.0967. The van der Waals surface area contributed by atoms with Gasteiger partial charge in [-0.1, -0.05) is 31.7 Å². The molecule has 0 aromatic heterocycles. The van der Waals surface area contributed by atoms with Gasteiger partial charge in [0.2, 0.25) is 5.91 Å². The normalized spacial score (nSPS) is 17.6. The Bertz CT molecular complexity index is 558.